The first-order valence-corrected chi connectivity index (χ1v) is 8.91. The minimum absolute atomic E-state index is 0.0456. The maximum absolute atomic E-state index is 12.9. The number of likely N-dealkylation sites (N-methyl/N-ethyl adjacent to an activating group) is 1. The van der Waals surface area contributed by atoms with E-state index in [-0.39, 0.29) is 11.8 Å². The second-order valence-electron chi connectivity index (χ2n) is 7.00. The van der Waals surface area contributed by atoms with E-state index in [1.807, 2.05) is 24.3 Å². The van der Waals surface area contributed by atoms with E-state index in [1.165, 1.54) is 19.8 Å². The van der Waals surface area contributed by atoms with Crippen molar-refractivity contribution in [2.24, 2.45) is 0 Å². The van der Waals surface area contributed by atoms with Crippen LogP contribution in [-0.2, 0) is 11.3 Å². The fourth-order valence-corrected chi connectivity index (χ4v) is 4.02. The van der Waals surface area contributed by atoms with E-state index in [4.69, 9.17) is 0 Å². The third kappa shape index (κ3) is 3.61. The number of rotatable bonds is 4. The molecular weight excluding hydrogens is 302 g/mol. The molecule has 2 saturated heterocycles. The number of hydrogen-bond acceptors (Lipinski definition) is 3. The normalized spacial score (nSPS) is 24.3. The van der Waals surface area contributed by atoms with Crippen LogP contribution in [0.2, 0.25) is 0 Å². The highest BCUT2D eigenvalue weighted by molar-refractivity contribution is 5.94. The van der Waals surface area contributed by atoms with Gasteiger partial charge in [-0.2, -0.15) is 0 Å². The summed E-state index contributed by atoms with van der Waals surface area (Å²) in [5.74, 6) is 0.0969. The summed E-state index contributed by atoms with van der Waals surface area (Å²) in [6.45, 7) is 4.01. The molecule has 1 aromatic carbocycles. The molecule has 0 aromatic heterocycles. The van der Waals surface area contributed by atoms with Gasteiger partial charge in [0.25, 0.3) is 5.91 Å². The molecule has 130 valence electrons. The van der Waals surface area contributed by atoms with Gasteiger partial charge in [0.05, 0.1) is 0 Å². The molecule has 2 fully saturated rings. The zero-order valence-corrected chi connectivity index (χ0v) is 14.6. The Bertz CT molecular complexity index is 599. The van der Waals surface area contributed by atoms with Crippen LogP contribution in [0.5, 0.6) is 0 Å². The number of carbonyl (C=O) groups is 2. The lowest BCUT2D eigenvalue weighted by Crippen LogP contribution is -2.47. The fraction of sp³-hybridized carbons (Fsp3) is 0.579. The van der Waals surface area contributed by atoms with Gasteiger partial charge in [0.2, 0.25) is 5.91 Å². The number of benzene rings is 1. The molecule has 0 spiro atoms. The Morgan fingerprint density at radius 1 is 1.08 bits per heavy atom. The maximum atomic E-state index is 12.9. The van der Waals surface area contributed by atoms with Crippen LogP contribution in [0.15, 0.2) is 24.3 Å². The zero-order valence-electron chi connectivity index (χ0n) is 14.6. The molecule has 1 aromatic rings. The van der Waals surface area contributed by atoms with Crippen LogP contribution in [0.25, 0.3) is 0 Å². The van der Waals surface area contributed by atoms with Crippen molar-refractivity contribution in [1.82, 2.24) is 15.1 Å². The fourth-order valence-electron chi connectivity index (χ4n) is 4.02. The smallest absolute Gasteiger partial charge is 0.254 e. The van der Waals surface area contributed by atoms with Crippen LogP contribution < -0.4 is 5.32 Å². The maximum Gasteiger partial charge on any atom is 0.254 e. The molecule has 5 nitrogen and oxygen atoms in total. The quantitative estimate of drug-likeness (QED) is 0.919. The second kappa shape index (κ2) is 7.34. The Morgan fingerprint density at radius 3 is 2.38 bits per heavy atom. The van der Waals surface area contributed by atoms with Crippen molar-refractivity contribution in [3.63, 3.8) is 0 Å². The summed E-state index contributed by atoms with van der Waals surface area (Å²) in [4.78, 5) is 28.4. The number of nitrogens with zero attached hydrogens (tertiary/aromatic N) is 2. The van der Waals surface area contributed by atoms with E-state index in [9.17, 15) is 9.59 Å². The average molecular weight is 329 g/mol. The lowest BCUT2D eigenvalue weighted by molar-refractivity contribution is -0.119. The van der Waals surface area contributed by atoms with E-state index in [0.29, 0.717) is 18.6 Å². The third-order valence-electron chi connectivity index (χ3n) is 5.32. The number of carbonyl (C=O) groups excluding carboxylic acids is 2. The summed E-state index contributed by atoms with van der Waals surface area (Å²) < 4.78 is 0. The molecule has 2 heterocycles. The van der Waals surface area contributed by atoms with E-state index in [0.717, 1.165) is 37.1 Å². The molecular formula is C19H27N3O2. The average Bonchev–Trinajstić information content (AvgIpc) is 3.21. The van der Waals surface area contributed by atoms with Gasteiger partial charge in [0.1, 0.15) is 0 Å². The molecule has 2 aliphatic rings. The molecule has 3 rings (SSSR count). The van der Waals surface area contributed by atoms with Gasteiger partial charge >= 0.3 is 0 Å². The molecule has 0 aliphatic carbocycles. The molecule has 2 unspecified atom stereocenters. The summed E-state index contributed by atoms with van der Waals surface area (Å²) >= 11 is 0. The Morgan fingerprint density at radius 2 is 1.75 bits per heavy atom. The summed E-state index contributed by atoms with van der Waals surface area (Å²) in [6, 6.07) is 8.48. The van der Waals surface area contributed by atoms with Crippen molar-refractivity contribution < 1.29 is 9.59 Å². The highest BCUT2D eigenvalue weighted by Gasteiger charge is 2.38. The highest BCUT2D eigenvalue weighted by Crippen LogP contribution is 2.30. The topological polar surface area (TPSA) is 52.7 Å². The first-order chi connectivity index (χ1) is 11.6. The van der Waals surface area contributed by atoms with Gasteiger partial charge in [-0.25, -0.2) is 0 Å². The number of amides is 2. The van der Waals surface area contributed by atoms with E-state index in [2.05, 4.69) is 22.2 Å². The Balaban J connectivity index is 1.67. The van der Waals surface area contributed by atoms with Crippen LogP contribution in [-0.4, -0.2) is 53.8 Å². The summed E-state index contributed by atoms with van der Waals surface area (Å²) in [5.41, 5.74) is 1.75. The number of likely N-dealkylation sites (tertiary alicyclic amines) is 2. The van der Waals surface area contributed by atoms with Gasteiger partial charge in [-0.3, -0.25) is 9.59 Å². The van der Waals surface area contributed by atoms with E-state index in [1.54, 1.807) is 0 Å². The zero-order chi connectivity index (χ0) is 17.1. The van der Waals surface area contributed by atoms with Crippen molar-refractivity contribution in [2.45, 2.75) is 51.2 Å². The molecule has 0 saturated carbocycles. The van der Waals surface area contributed by atoms with Crippen molar-refractivity contribution in [3.8, 4) is 0 Å². The Hall–Kier alpha value is -1.88. The minimum atomic E-state index is -0.0456. The lowest BCUT2D eigenvalue weighted by Gasteiger charge is -2.33. The lowest BCUT2D eigenvalue weighted by atomic mass is 10.0. The molecule has 0 bridgehead atoms. The summed E-state index contributed by atoms with van der Waals surface area (Å²) in [7, 11) is 2.18. The van der Waals surface area contributed by atoms with E-state index >= 15 is 0 Å². The van der Waals surface area contributed by atoms with Crippen LogP contribution in [0, 0.1) is 0 Å². The Labute approximate surface area is 144 Å². The van der Waals surface area contributed by atoms with Gasteiger partial charge in [0, 0.05) is 37.7 Å². The minimum Gasteiger partial charge on any atom is -0.352 e. The SMILES string of the molecule is CC(=O)NCc1ccc(C(=O)N2CCCC2C2CCCN2C)cc1. The number of hydrogen-bond donors (Lipinski definition) is 1. The van der Waals surface area contributed by atoms with Gasteiger partial charge in [0.15, 0.2) is 0 Å². The largest absolute Gasteiger partial charge is 0.352 e. The van der Waals surface area contributed by atoms with E-state index < -0.39 is 0 Å². The van der Waals surface area contributed by atoms with Crippen LogP contribution in [0.1, 0.15) is 48.5 Å². The molecule has 2 atom stereocenters. The number of nitrogens with one attached hydrogen (secondary N) is 1. The molecule has 2 amide bonds. The van der Waals surface area contributed by atoms with Crippen molar-refractivity contribution in [1.29, 1.82) is 0 Å². The van der Waals surface area contributed by atoms with Crippen molar-refractivity contribution in [2.75, 3.05) is 20.1 Å². The first-order valence-electron chi connectivity index (χ1n) is 8.91. The van der Waals surface area contributed by atoms with Gasteiger partial charge in [-0.1, -0.05) is 12.1 Å². The van der Waals surface area contributed by atoms with Gasteiger partial charge in [-0.05, 0) is 57.0 Å². The third-order valence-corrected chi connectivity index (χ3v) is 5.32. The van der Waals surface area contributed by atoms with Crippen LogP contribution in [0.3, 0.4) is 0 Å². The molecule has 2 aliphatic heterocycles. The second-order valence-corrected chi connectivity index (χ2v) is 7.00. The predicted molar refractivity (Wildman–Crippen MR) is 93.7 cm³/mol. The van der Waals surface area contributed by atoms with Crippen molar-refractivity contribution in [3.05, 3.63) is 35.4 Å². The predicted octanol–water partition coefficient (Wildman–Crippen LogP) is 2.02. The summed E-state index contributed by atoms with van der Waals surface area (Å²) in [5, 5.41) is 2.77. The van der Waals surface area contributed by atoms with Crippen LogP contribution >= 0.6 is 0 Å². The first kappa shape index (κ1) is 17.0. The monoisotopic (exact) mass is 329 g/mol. The highest BCUT2D eigenvalue weighted by atomic mass is 16.2. The molecule has 5 heteroatoms. The van der Waals surface area contributed by atoms with Crippen LogP contribution in [0.4, 0.5) is 0 Å². The molecule has 1 N–H and O–H groups in total. The van der Waals surface area contributed by atoms with Crippen molar-refractivity contribution >= 4 is 11.8 Å². The van der Waals surface area contributed by atoms with Gasteiger partial charge in [-0.15, -0.1) is 0 Å². The summed E-state index contributed by atoms with van der Waals surface area (Å²) in [6.07, 6.45) is 4.64. The standard InChI is InChI=1S/C19H27N3O2/c1-14(23)20-13-15-7-9-16(10-8-15)19(24)22-12-4-6-18(22)17-5-3-11-21(17)2/h7-10,17-18H,3-6,11-13H2,1-2H3,(H,20,23). The van der Waals surface area contributed by atoms with Gasteiger partial charge < -0.3 is 15.1 Å². The molecule has 24 heavy (non-hydrogen) atoms. The Kier molecular flexibility index (Phi) is 5.19. The molecule has 0 radical (unpaired) electrons.